The SMILES string of the molecule is Cc1ccc(NC(=O)[C@H]2[C@H]3C[C@@H]4[C@@H]2C(=O)O[C@@H]4C3)cc1. The zero-order valence-corrected chi connectivity index (χ0v) is 11.3. The lowest BCUT2D eigenvalue weighted by Gasteiger charge is -2.23. The van der Waals surface area contributed by atoms with Gasteiger partial charge in [-0.15, -0.1) is 0 Å². The van der Waals surface area contributed by atoms with Crippen LogP contribution >= 0.6 is 0 Å². The van der Waals surface area contributed by atoms with Gasteiger partial charge in [-0.05, 0) is 37.8 Å². The van der Waals surface area contributed by atoms with E-state index in [4.69, 9.17) is 4.74 Å². The molecule has 1 N–H and O–H groups in total. The monoisotopic (exact) mass is 271 g/mol. The molecule has 0 radical (unpaired) electrons. The molecule has 4 heteroatoms. The quantitative estimate of drug-likeness (QED) is 0.838. The molecule has 1 amide bonds. The van der Waals surface area contributed by atoms with Gasteiger partial charge in [-0.2, -0.15) is 0 Å². The number of hydrogen-bond donors (Lipinski definition) is 1. The van der Waals surface area contributed by atoms with Crippen molar-refractivity contribution in [3.63, 3.8) is 0 Å². The molecule has 104 valence electrons. The average Bonchev–Trinajstić information content (AvgIpc) is 3.02. The maximum absolute atomic E-state index is 12.5. The summed E-state index contributed by atoms with van der Waals surface area (Å²) in [7, 11) is 0. The Morgan fingerprint density at radius 2 is 2.00 bits per heavy atom. The van der Waals surface area contributed by atoms with Gasteiger partial charge in [0.05, 0.1) is 11.8 Å². The average molecular weight is 271 g/mol. The highest BCUT2D eigenvalue weighted by Gasteiger charge is 2.63. The first-order valence-corrected chi connectivity index (χ1v) is 7.21. The molecular weight excluding hydrogens is 254 g/mol. The molecule has 2 bridgehead atoms. The van der Waals surface area contributed by atoms with E-state index in [2.05, 4.69) is 5.32 Å². The van der Waals surface area contributed by atoms with Crippen LogP contribution in [0.5, 0.6) is 0 Å². The predicted molar refractivity (Wildman–Crippen MR) is 72.9 cm³/mol. The molecule has 20 heavy (non-hydrogen) atoms. The highest BCUT2D eigenvalue weighted by atomic mass is 16.6. The van der Waals surface area contributed by atoms with Crippen LogP contribution in [0.15, 0.2) is 24.3 Å². The first kappa shape index (κ1) is 11.9. The molecule has 5 atom stereocenters. The smallest absolute Gasteiger partial charge is 0.310 e. The van der Waals surface area contributed by atoms with Gasteiger partial charge in [0.15, 0.2) is 0 Å². The lowest BCUT2D eigenvalue weighted by atomic mass is 9.79. The summed E-state index contributed by atoms with van der Waals surface area (Å²) in [5, 5.41) is 2.95. The molecule has 1 saturated heterocycles. The molecule has 2 saturated carbocycles. The fourth-order valence-electron chi connectivity index (χ4n) is 4.23. The largest absolute Gasteiger partial charge is 0.462 e. The normalized spacial score (nSPS) is 37.0. The van der Waals surface area contributed by atoms with E-state index in [-0.39, 0.29) is 35.7 Å². The second-order valence-corrected chi connectivity index (χ2v) is 6.28. The van der Waals surface area contributed by atoms with Crippen molar-refractivity contribution in [1.29, 1.82) is 0 Å². The molecule has 4 nitrogen and oxygen atoms in total. The van der Waals surface area contributed by atoms with Crippen LogP contribution in [0.25, 0.3) is 0 Å². The Morgan fingerprint density at radius 1 is 1.25 bits per heavy atom. The third-order valence-electron chi connectivity index (χ3n) is 5.11. The number of esters is 1. The predicted octanol–water partition coefficient (Wildman–Crippen LogP) is 2.13. The van der Waals surface area contributed by atoms with Gasteiger partial charge < -0.3 is 10.1 Å². The van der Waals surface area contributed by atoms with Gasteiger partial charge in [0.2, 0.25) is 5.91 Å². The summed E-state index contributed by atoms with van der Waals surface area (Å²) in [5.41, 5.74) is 1.96. The number of ether oxygens (including phenoxy) is 1. The number of aryl methyl sites for hydroxylation is 1. The van der Waals surface area contributed by atoms with Gasteiger partial charge in [0.1, 0.15) is 6.10 Å². The number of benzene rings is 1. The molecule has 1 aromatic rings. The molecule has 3 fully saturated rings. The second kappa shape index (κ2) is 4.08. The number of carbonyl (C=O) groups is 2. The van der Waals surface area contributed by atoms with Crippen molar-refractivity contribution in [2.45, 2.75) is 25.9 Å². The third kappa shape index (κ3) is 1.60. The standard InChI is InChI=1S/C16H17NO3/c1-8-2-4-10(5-3-8)17-15(18)13-9-6-11-12(7-9)20-16(19)14(11)13/h2-5,9,11-14H,6-7H2,1H3,(H,17,18)/t9-,11-,12+,13-,14-/m0/s1. The van der Waals surface area contributed by atoms with Gasteiger partial charge in [0, 0.05) is 11.6 Å². The van der Waals surface area contributed by atoms with Crippen molar-refractivity contribution < 1.29 is 14.3 Å². The van der Waals surface area contributed by atoms with Crippen LogP contribution in [0.1, 0.15) is 18.4 Å². The summed E-state index contributed by atoms with van der Waals surface area (Å²) in [6, 6.07) is 7.74. The first-order chi connectivity index (χ1) is 9.63. The molecule has 2 aliphatic carbocycles. The summed E-state index contributed by atoms with van der Waals surface area (Å²) in [6.07, 6.45) is 1.91. The molecule has 4 rings (SSSR count). The van der Waals surface area contributed by atoms with E-state index in [1.165, 1.54) is 0 Å². The maximum atomic E-state index is 12.5. The molecule has 0 aromatic heterocycles. The fourth-order valence-corrected chi connectivity index (χ4v) is 4.23. The number of rotatable bonds is 2. The van der Waals surface area contributed by atoms with Crippen molar-refractivity contribution in [3.8, 4) is 0 Å². The summed E-state index contributed by atoms with van der Waals surface area (Å²) >= 11 is 0. The second-order valence-electron chi connectivity index (χ2n) is 6.28. The molecule has 1 heterocycles. The summed E-state index contributed by atoms with van der Waals surface area (Å²) in [6.45, 7) is 2.01. The molecule has 0 unspecified atom stereocenters. The van der Waals surface area contributed by atoms with Gasteiger partial charge in [-0.3, -0.25) is 9.59 Å². The van der Waals surface area contributed by atoms with Crippen LogP contribution in [0.2, 0.25) is 0 Å². The van der Waals surface area contributed by atoms with Gasteiger partial charge in [0.25, 0.3) is 0 Å². The minimum absolute atomic E-state index is 0.0244. The lowest BCUT2D eigenvalue weighted by Crippen LogP contribution is -2.35. The Kier molecular flexibility index (Phi) is 2.43. The minimum atomic E-state index is -0.204. The number of hydrogen-bond acceptors (Lipinski definition) is 3. The van der Waals surface area contributed by atoms with Gasteiger partial charge in [-0.1, -0.05) is 17.7 Å². The van der Waals surface area contributed by atoms with Crippen LogP contribution < -0.4 is 5.32 Å². The fraction of sp³-hybridized carbons (Fsp3) is 0.500. The Hall–Kier alpha value is -1.84. The van der Waals surface area contributed by atoms with Crippen LogP contribution in [0, 0.1) is 30.6 Å². The highest BCUT2D eigenvalue weighted by molar-refractivity contribution is 5.96. The van der Waals surface area contributed by atoms with Gasteiger partial charge >= 0.3 is 5.97 Å². The number of fused-ring (bicyclic) bond motifs is 1. The van der Waals surface area contributed by atoms with Crippen LogP contribution in [0.4, 0.5) is 5.69 Å². The Bertz CT molecular complexity index is 578. The van der Waals surface area contributed by atoms with E-state index in [1.54, 1.807) is 0 Å². The van der Waals surface area contributed by atoms with Crippen molar-refractivity contribution >= 4 is 17.6 Å². The van der Waals surface area contributed by atoms with Crippen LogP contribution in [-0.2, 0) is 14.3 Å². The van der Waals surface area contributed by atoms with E-state index >= 15 is 0 Å². The minimum Gasteiger partial charge on any atom is -0.462 e. The van der Waals surface area contributed by atoms with Crippen LogP contribution in [-0.4, -0.2) is 18.0 Å². The van der Waals surface area contributed by atoms with E-state index in [0.717, 1.165) is 24.1 Å². The van der Waals surface area contributed by atoms with E-state index in [0.29, 0.717) is 5.92 Å². The maximum Gasteiger partial charge on any atom is 0.310 e. The lowest BCUT2D eigenvalue weighted by molar-refractivity contribution is -0.145. The van der Waals surface area contributed by atoms with Crippen molar-refractivity contribution in [3.05, 3.63) is 29.8 Å². The van der Waals surface area contributed by atoms with Crippen LogP contribution in [0.3, 0.4) is 0 Å². The Morgan fingerprint density at radius 3 is 2.75 bits per heavy atom. The molecule has 1 aromatic carbocycles. The van der Waals surface area contributed by atoms with E-state index in [1.807, 2.05) is 31.2 Å². The first-order valence-electron chi connectivity index (χ1n) is 7.21. The molecular formula is C16H17NO3. The zero-order valence-electron chi connectivity index (χ0n) is 11.3. The topological polar surface area (TPSA) is 55.4 Å². The zero-order chi connectivity index (χ0) is 13.9. The number of anilines is 1. The number of carbonyl (C=O) groups excluding carboxylic acids is 2. The van der Waals surface area contributed by atoms with E-state index < -0.39 is 0 Å². The van der Waals surface area contributed by atoms with E-state index in [9.17, 15) is 9.59 Å². The molecule has 3 aliphatic rings. The number of nitrogens with one attached hydrogen (secondary N) is 1. The summed E-state index contributed by atoms with van der Waals surface area (Å²) in [5.74, 6) is -0.00220. The highest BCUT2D eigenvalue weighted by Crippen LogP contribution is 2.57. The third-order valence-corrected chi connectivity index (χ3v) is 5.11. The van der Waals surface area contributed by atoms with Crippen molar-refractivity contribution in [1.82, 2.24) is 0 Å². The van der Waals surface area contributed by atoms with Gasteiger partial charge in [-0.25, -0.2) is 0 Å². The molecule has 0 spiro atoms. The van der Waals surface area contributed by atoms with Crippen molar-refractivity contribution in [2.24, 2.45) is 23.7 Å². The molecule has 1 aliphatic heterocycles. The Labute approximate surface area is 117 Å². The summed E-state index contributed by atoms with van der Waals surface area (Å²) in [4.78, 5) is 24.4. The number of amides is 1. The van der Waals surface area contributed by atoms with Crippen molar-refractivity contribution in [2.75, 3.05) is 5.32 Å². The summed E-state index contributed by atoms with van der Waals surface area (Å²) < 4.78 is 5.37. The Balaban J connectivity index is 1.54.